The quantitative estimate of drug-likeness (QED) is 0.133. The van der Waals surface area contributed by atoms with Crippen LogP contribution in [0.5, 0.6) is 0 Å². The molecule has 0 N–H and O–H groups in total. The zero-order valence-corrected chi connectivity index (χ0v) is 60.7. The fourth-order valence-corrected chi connectivity index (χ4v) is 18.4. The van der Waals surface area contributed by atoms with E-state index in [1.807, 2.05) is 0 Å². The molecule has 0 spiro atoms. The minimum Gasteiger partial charge on any atom is -0.0619 e. The van der Waals surface area contributed by atoms with Gasteiger partial charge in [-0.2, -0.15) is 0 Å². The summed E-state index contributed by atoms with van der Waals surface area (Å²) in [4.78, 5) is 0. The van der Waals surface area contributed by atoms with Gasteiger partial charge in [0.05, 0.1) is 0 Å². The summed E-state index contributed by atoms with van der Waals surface area (Å²) in [7, 11) is 0. The van der Waals surface area contributed by atoms with Gasteiger partial charge in [-0.15, -0.1) is 0 Å². The molecular formula is C107H76. The lowest BCUT2D eigenvalue weighted by atomic mass is 9.81. The average Bonchev–Trinajstić information content (AvgIpc) is 1.62. The van der Waals surface area contributed by atoms with Gasteiger partial charge in [0, 0.05) is 10.8 Å². The molecule has 0 heterocycles. The third-order valence-corrected chi connectivity index (χ3v) is 23.8. The summed E-state index contributed by atoms with van der Waals surface area (Å²) < 4.78 is 0. The molecule has 0 bridgehead atoms. The van der Waals surface area contributed by atoms with Crippen molar-refractivity contribution in [3.05, 3.63) is 398 Å². The maximum absolute atomic E-state index is 2.43. The highest BCUT2D eigenvalue weighted by atomic mass is 14.4. The molecule has 0 unspecified atom stereocenters. The van der Waals surface area contributed by atoms with E-state index >= 15 is 0 Å². The van der Waals surface area contributed by atoms with E-state index in [9.17, 15) is 0 Å². The SMILES string of the molecule is CC1(C)c2ccccc2-c2ccc(-c3ccc(-c4cc(-c5c6ccccc6c(-c6cccc7ccccc67)c6ccccc56)c5ccccc5c4)cc3)cc21.Cc1ccc(-c2c3ccccc3c(-c3cc(-c4ccc(-c5ccc6c(c5)C(C)(C)c5ccccc5-6)cc4)cc4ccccc34)c3ccccc23)cc1. The molecule has 0 atom stereocenters. The molecule has 107 heavy (non-hydrogen) atoms. The van der Waals surface area contributed by atoms with Crippen LogP contribution in [0, 0.1) is 6.92 Å². The van der Waals surface area contributed by atoms with Crippen LogP contribution in [0.2, 0.25) is 0 Å². The van der Waals surface area contributed by atoms with Gasteiger partial charge in [-0.05, 0) is 252 Å². The third kappa shape index (κ3) is 10.4. The van der Waals surface area contributed by atoms with Gasteiger partial charge in [-0.3, -0.25) is 0 Å². The van der Waals surface area contributed by atoms with Crippen molar-refractivity contribution in [3.63, 3.8) is 0 Å². The molecule has 2 aliphatic rings. The third-order valence-electron chi connectivity index (χ3n) is 23.8. The largest absolute Gasteiger partial charge is 0.0619 e. The number of fused-ring (bicyclic) bond motifs is 13. The van der Waals surface area contributed by atoms with E-state index in [2.05, 4.69) is 405 Å². The van der Waals surface area contributed by atoms with E-state index in [1.54, 1.807) is 0 Å². The molecule has 2 aliphatic carbocycles. The predicted molar refractivity (Wildman–Crippen MR) is 459 cm³/mol. The van der Waals surface area contributed by atoms with Gasteiger partial charge in [0.25, 0.3) is 0 Å². The van der Waals surface area contributed by atoms with Crippen molar-refractivity contribution in [3.8, 4) is 111 Å². The molecule has 504 valence electrons. The Morgan fingerprint density at radius 3 is 0.832 bits per heavy atom. The van der Waals surface area contributed by atoms with Crippen LogP contribution in [0.25, 0.3) is 187 Å². The first-order chi connectivity index (χ1) is 52.5. The van der Waals surface area contributed by atoms with E-state index in [1.165, 1.54) is 214 Å². The Bertz CT molecular complexity index is 6720. The number of benzene rings is 19. The Kier molecular flexibility index (Phi) is 15.0. The van der Waals surface area contributed by atoms with Crippen LogP contribution < -0.4 is 0 Å². The normalized spacial score (nSPS) is 13.1. The number of hydrogen-bond acceptors (Lipinski definition) is 0. The van der Waals surface area contributed by atoms with E-state index in [4.69, 9.17) is 0 Å². The van der Waals surface area contributed by atoms with E-state index in [-0.39, 0.29) is 10.8 Å². The van der Waals surface area contributed by atoms with Crippen molar-refractivity contribution in [1.82, 2.24) is 0 Å². The maximum atomic E-state index is 2.43. The Hall–Kier alpha value is -13.0. The van der Waals surface area contributed by atoms with Crippen LogP contribution >= 0.6 is 0 Å². The van der Waals surface area contributed by atoms with Gasteiger partial charge in [0.15, 0.2) is 0 Å². The molecule has 0 amide bonds. The van der Waals surface area contributed by atoms with E-state index < -0.39 is 0 Å². The minimum absolute atomic E-state index is 0.0178. The summed E-state index contributed by atoms with van der Waals surface area (Å²) in [5, 5.41) is 17.7. The second-order valence-electron chi connectivity index (χ2n) is 30.6. The zero-order valence-electron chi connectivity index (χ0n) is 60.7. The number of rotatable bonds is 8. The average molecular weight is 1360 g/mol. The van der Waals surface area contributed by atoms with Crippen LogP contribution in [0.15, 0.2) is 370 Å². The molecule has 21 rings (SSSR count). The fraction of sp³-hybridized carbons (Fsp3) is 0.0654. The van der Waals surface area contributed by atoms with Crippen molar-refractivity contribution in [2.24, 2.45) is 0 Å². The number of aryl methyl sites for hydroxylation is 1. The first-order valence-electron chi connectivity index (χ1n) is 37.7. The van der Waals surface area contributed by atoms with E-state index in [0.717, 1.165) is 0 Å². The van der Waals surface area contributed by atoms with Crippen LogP contribution in [0.1, 0.15) is 55.5 Å². The van der Waals surface area contributed by atoms with Crippen molar-refractivity contribution >= 4 is 75.4 Å². The Labute approximate surface area is 625 Å². The van der Waals surface area contributed by atoms with Gasteiger partial charge >= 0.3 is 0 Å². The van der Waals surface area contributed by atoms with Gasteiger partial charge in [-0.25, -0.2) is 0 Å². The lowest BCUT2D eigenvalue weighted by Gasteiger charge is -2.22. The molecule has 0 aliphatic heterocycles. The summed E-state index contributed by atoms with van der Waals surface area (Å²) in [6.07, 6.45) is 0. The van der Waals surface area contributed by atoms with Crippen LogP contribution in [-0.2, 0) is 10.8 Å². The number of hydrogen-bond donors (Lipinski definition) is 0. The second-order valence-corrected chi connectivity index (χ2v) is 30.6. The molecule has 0 nitrogen and oxygen atoms in total. The van der Waals surface area contributed by atoms with Crippen LogP contribution in [0.3, 0.4) is 0 Å². The smallest absolute Gasteiger partial charge is 0.0159 e. The van der Waals surface area contributed by atoms with Crippen molar-refractivity contribution in [2.45, 2.75) is 45.4 Å². The monoisotopic (exact) mass is 1360 g/mol. The summed E-state index contributed by atoms with van der Waals surface area (Å²) in [6, 6.07) is 138. The molecule has 0 aromatic heterocycles. The molecule has 0 fully saturated rings. The van der Waals surface area contributed by atoms with Gasteiger partial charge in [-0.1, -0.05) is 367 Å². The highest BCUT2D eigenvalue weighted by molar-refractivity contribution is 6.27. The van der Waals surface area contributed by atoms with Crippen LogP contribution in [0.4, 0.5) is 0 Å². The first kappa shape index (κ1) is 63.7. The lowest BCUT2D eigenvalue weighted by Crippen LogP contribution is -2.14. The molecule has 19 aromatic carbocycles. The Morgan fingerprint density at radius 1 is 0.159 bits per heavy atom. The minimum atomic E-state index is -0.0230. The zero-order chi connectivity index (χ0) is 71.7. The molecular weight excluding hydrogens is 1290 g/mol. The lowest BCUT2D eigenvalue weighted by molar-refractivity contribution is 0.660. The van der Waals surface area contributed by atoms with E-state index in [0.29, 0.717) is 0 Å². The second kappa shape index (κ2) is 25.1. The van der Waals surface area contributed by atoms with Gasteiger partial charge in [0.2, 0.25) is 0 Å². The Balaban J connectivity index is 0.000000142. The molecule has 0 saturated carbocycles. The molecule has 0 saturated heterocycles. The molecule has 0 radical (unpaired) electrons. The summed E-state index contributed by atoms with van der Waals surface area (Å²) in [5.41, 5.74) is 32.4. The van der Waals surface area contributed by atoms with Crippen molar-refractivity contribution in [1.29, 1.82) is 0 Å². The topological polar surface area (TPSA) is 0 Å². The standard InChI is InChI=1S/C55H38.C52H38/c1-55(2)51-25-12-11-19-43(51)44-31-30-38(34-52(44)55)35-26-28-36(29-27-35)40-32-39-15-4-6-18-42(39)50(33-40)54-48-22-9-7-20-46(48)53(47-21-8-10-23-49(47)54)45-24-13-16-37-14-3-5-17-41(37)45;1-33-20-22-36(23-21-33)50-43-15-6-8-17-45(43)51(46-18-9-7-16-44(46)50)47-31-39(30-38-12-4-5-13-40(38)47)35-26-24-34(25-27-35)37-28-29-42-41-14-10-11-19-48(41)52(2,3)49(42)32-37/h3-34H,1-2H3;4-32H,1-3H3. The molecule has 19 aromatic rings. The Morgan fingerprint density at radius 2 is 0.430 bits per heavy atom. The summed E-state index contributed by atoms with van der Waals surface area (Å²) >= 11 is 0. The highest BCUT2D eigenvalue weighted by Gasteiger charge is 2.37. The van der Waals surface area contributed by atoms with Crippen molar-refractivity contribution < 1.29 is 0 Å². The highest BCUT2D eigenvalue weighted by Crippen LogP contribution is 2.54. The van der Waals surface area contributed by atoms with Crippen molar-refractivity contribution in [2.75, 3.05) is 0 Å². The molecule has 0 heteroatoms. The fourth-order valence-electron chi connectivity index (χ4n) is 18.4. The maximum Gasteiger partial charge on any atom is 0.0159 e. The summed E-state index contributed by atoms with van der Waals surface area (Å²) in [6.45, 7) is 11.6. The summed E-state index contributed by atoms with van der Waals surface area (Å²) in [5.74, 6) is 0. The predicted octanol–water partition coefficient (Wildman–Crippen LogP) is 29.7. The van der Waals surface area contributed by atoms with Crippen LogP contribution in [-0.4, -0.2) is 0 Å². The van der Waals surface area contributed by atoms with Gasteiger partial charge in [0.1, 0.15) is 0 Å². The first-order valence-corrected chi connectivity index (χ1v) is 37.7. The van der Waals surface area contributed by atoms with Gasteiger partial charge < -0.3 is 0 Å².